The summed E-state index contributed by atoms with van der Waals surface area (Å²) in [7, 11) is 0. The van der Waals surface area contributed by atoms with Gasteiger partial charge in [-0.15, -0.1) is 0 Å². The SMILES string of the molecule is O[C@H](C1CCN([C@H]2CCCCc3ccccc32)CC1)C(F)(F)F. The molecule has 3 rings (SSSR count). The van der Waals surface area contributed by atoms with E-state index in [1.54, 1.807) is 0 Å². The second-order valence-electron chi connectivity index (χ2n) is 6.82. The maximum absolute atomic E-state index is 12.7. The van der Waals surface area contributed by atoms with Crippen LogP contribution >= 0.6 is 0 Å². The molecule has 0 unspecified atom stereocenters. The van der Waals surface area contributed by atoms with Gasteiger partial charge >= 0.3 is 6.18 Å². The highest BCUT2D eigenvalue weighted by molar-refractivity contribution is 5.31. The third-order valence-electron chi connectivity index (χ3n) is 5.38. The number of piperidine rings is 1. The van der Waals surface area contributed by atoms with E-state index in [4.69, 9.17) is 0 Å². The number of likely N-dealkylation sites (tertiary alicyclic amines) is 1. The lowest BCUT2D eigenvalue weighted by Gasteiger charge is -2.39. The van der Waals surface area contributed by atoms with Crippen molar-refractivity contribution in [3.8, 4) is 0 Å². The van der Waals surface area contributed by atoms with E-state index in [1.165, 1.54) is 17.5 Å². The minimum Gasteiger partial charge on any atom is -0.383 e. The monoisotopic (exact) mass is 327 g/mol. The average molecular weight is 327 g/mol. The second-order valence-corrected chi connectivity index (χ2v) is 6.82. The van der Waals surface area contributed by atoms with Crippen molar-refractivity contribution >= 4 is 0 Å². The number of nitrogens with zero attached hydrogens (tertiary/aromatic N) is 1. The average Bonchev–Trinajstić information content (AvgIpc) is 2.76. The summed E-state index contributed by atoms with van der Waals surface area (Å²) in [6.45, 7) is 1.27. The predicted octanol–water partition coefficient (Wildman–Crippen LogP) is 4.09. The van der Waals surface area contributed by atoms with E-state index in [0.29, 0.717) is 32.0 Å². The summed E-state index contributed by atoms with van der Waals surface area (Å²) >= 11 is 0. The standard InChI is InChI=1S/C18H24F3NO/c19-18(20,21)17(23)14-9-11-22(12-10-14)16-8-4-2-6-13-5-1-3-7-15(13)16/h1,3,5,7,14,16-17,23H,2,4,6,8-12H2/t16-,17+/m0/s1. The molecule has 2 aliphatic rings. The molecule has 0 amide bonds. The Hall–Kier alpha value is -1.07. The van der Waals surface area contributed by atoms with Crippen LogP contribution in [0.1, 0.15) is 49.3 Å². The van der Waals surface area contributed by atoms with Crippen LogP contribution in [-0.2, 0) is 6.42 Å². The fourth-order valence-corrected chi connectivity index (χ4v) is 4.09. The summed E-state index contributed by atoms with van der Waals surface area (Å²) in [6.07, 6.45) is -1.34. The van der Waals surface area contributed by atoms with Crippen molar-refractivity contribution in [2.24, 2.45) is 5.92 Å². The highest BCUT2D eigenvalue weighted by Gasteiger charge is 2.44. The zero-order valence-electron chi connectivity index (χ0n) is 13.2. The molecular formula is C18H24F3NO. The normalized spacial score (nSPS) is 25.7. The van der Waals surface area contributed by atoms with E-state index in [9.17, 15) is 18.3 Å². The van der Waals surface area contributed by atoms with Gasteiger partial charge in [-0.2, -0.15) is 13.2 Å². The molecule has 1 aromatic rings. The van der Waals surface area contributed by atoms with E-state index < -0.39 is 18.2 Å². The first-order chi connectivity index (χ1) is 11.0. The van der Waals surface area contributed by atoms with Crippen LogP contribution in [-0.4, -0.2) is 35.4 Å². The first-order valence-corrected chi connectivity index (χ1v) is 8.53. The lowest BCUT2D eigenvalue weighted by Crippen LogP contribution is -2.44. The molecule has 1 fully saturated rings. The van der Waals surface area contributed by atoms with Gasteiger partial charge in [-0.1, -0.05) is 30.7 Å². The highest BCUT2D eigenvalue weighted by atomic mass is 19.4. The van der Waals surface area contributed by atoms with Crippen LogP contribution in [0.2, 0.25) is 0 Å². The van der Waals surface area contributed by atoms with Crippen LogP contribution in [0.15, 0.2) is 24.3 Å². The zero-order valence-corrected chi connectivity index (χ0v) is 13.2. The summed E-state index contributed by atoms with van der Waals surface area (Å²) in [6, 6.07) is 8.78. The maximum atomic E-state index is 12.7. The van der Waals surface area contributed by atoms with Gasteiger partial charge in [-0.25, -0.2) is 0 Å². The van der Waals surface area contributed by atoms with Gasteiger partial charge in [-0.05, 0) is 62.2 Å². The number of rotatable bonds is 2. The van der Waals surface area contributed by atoms with Gasteiger partial charge in [0, 0.05) is 6.04 Å². The Labute approximate surface area is 135 Å². The molecule has 0 spiro atoms. The van der Waals surface area contributed by atoms with Crippen molar-refractivity contribution in [2.45, 2.75) is 56.8 Å². The van der Waals surface area contributed by atoms with Crippen LogP contribution in [0.5, 0.6) is 0 Å². The molecule has 1 aliphatic carbocycles. The molecule has 1 heterocycles. The third-order valence-corrected chi connectivity index (χ3v) is 5.38. The van der Waals surface area contributed by atoms with Crippen LogP contribution in [0.25, 0.3) is 0 Å². The van der Waals surface area contributed by atoms with Crippen molar-refractivity contribution in [2.75, 3.05) is 13.1 Å². The molecule has 1 N–H and O–H groups in total. The van der Waals surface area contributed by atoms with Crippen LogP contribution in [0.3, 0.4) is 0 Å². The molecule has 2 nitrogen and oxygen atoms in total. The predicted molar refractivity (Wildman–Crippen MR) is 83.1 cm³/mol. The third kappa shape index (κ3) is 3.72. The number of halogens is 3. The number of hydrogen-bond donors (Lipinski definition) is 1. The molecule has 2 atom stereocenters. The summed E-state index contributed by atoms with van der Waals surface area (Å²) < 4.78 is 38.0. The van der Waals surface area contributed by atoms with E-state index in [0.717, 1.165) is 19.3 Å². The lowest BCUT2D eigenvalue weighted by molar-refractivity contribution is -0.223. The second kappa shape index (κ2) is 6.81. The molecular weight excluding hydrogens is 303 g/mol. The summed E-state index contributed by atoms with van der Waals surface area (Å²) in [5.74, 6) is -0.660. The van der Waals surface area contributed by atoms with Gasteiger partial charge in [0.25, 0.3) is 0 Å². The van der Waals surface area contributed by atoms with Gasteiger partial charge in [-0.3, -0.25) is 4.90 Å². The summed E-state index contributed by atoms with van der Waals surface area (Å²) in [5.41, 5.74) is 2.73. The number of fused-ring (bicyclic) bond motifs is 1. The fourth-order valence-electron chi connectivity index (χ4n) is 4.09. The first kappa shape index (κ1) is 16.8. The lowest BCUT2D eigenvalue weighted by atomic mass is 9.88. The molecule has 128 valence electrons. The number of hydrogen-bond acceptors (Lipinski definition) is 2. The maximum Gasteiger partial charge on any atom is 0.414 e. The van der Waals surface area contributed by atoms with Crippen molar-refractivity contribution in [3.05, 3.63) is 35.4 Å². The smallest absolute Gasteiger partial charge is 0.383 e. The van der Waals surface area contributed by atoms with Crippen molar-refractivity contribution in [3.63, 3.8) is 0 Å². The molecule has 0 bridgehead atoms. The highest BCUT2D eigenvalue weighted by Crippen LogP contribution is 2.37. The molecule has 0 saturated carbocycles. The zero-order chi connectivity index (χ0) is 16.4. The number of aliphatic hydroxyl groups excluding tert-OH is 1. The number of aryl methyl sites for hydroxylation is 1. The summed E-state index contributed by atoms with van der Waals surface area (Å²) in [5, 5.41) is 9.47. The topological polar surface area (TPSA) is 23.5 Å². The number of aliphatic hydroxyl groups is 1. The molecule has 0 radical (unpaired) electrons. The Bertz CT molecular complexity index is 523. The van der Waals surface area contributed by atoms with Crippen molar-refractivity contribution in [1.29, 1.82) is 0 Å². The van der Waals surface area contributed by atoms with Gasteiger partial charge in [0.15, 0.2) is 6.10 Å². The fraction of sp³-hybridized carbons (Fsp3) is 0.667. The Morgan fingerprint density at radius 1 is 1.04 bits per heavy atom. The van der Waals surface area contributed by atoms with Gasteiger partial charge in [0.1, 0.15) is 0 Å². The van der Waals surface area contributed by atoms with E-state index in [1.807, 2.05) is 0 Å². The van der Waals surface area contributed by atoms with Crippen LogP contribution in [0.4, 0.5) is 13.2 Å². The minimum absolute atomic E-state index is 0.317. The molecule has 1 saturated heterocycles. The van der Waals surface area contributed by atoms with Gasteiger partial charge < -0.3 is 5.11 Å². The van der Waals surface area contributed by atoms with Gasteiger partial charge in [0.05, 0.1) is 0 Å². The summed E-state index contributed by atoms with van der Waals surface area (Å²) in [4.78, 5) is 2.32. The Balaban J connectivity index is 1.68. The molecule has 0 aromatic heterocycles. The largest absolute Gasteiger partial charge is 0.414 e. The first-order valence-electron chi connectivity index (χ1n) is 8.53. The van der Waals surface area contributed by atoms with Crippen LogP contribution < -0.4 is 0 Å². The molecule has 1 aromatic carbocycles. The van der Waals surface area contributed by atoms with Crippen LogP contribution in [0, 0.1) is 5.92 Å². The quantitative estimate of drug-likeness (QED) is 0.827. The van der Waals surface area contributed by atoms with Gasteiger partial charge in [0.2, 0.25) is 0 Å². The van der Waals surface area contributed by atoms with E-state index in [2.05, 4.69) is 29.2 Å². The minimum atomic E-state index is -4.50. The molecule has 1 aliphatic heterocycles. The molecule has 5 heteroatoms. The van der Waals surface area contributed by atoms with E-state index in [-0.39, 0.29) is 0 Å². The Morgan fingerprint density at radius 3 is 2.43 bits per heavy atom. The van der Waals surface area contributed by atoms with E-state index >= 15 is 0 Å². The van der Waals surface area contributed by atoms with Crippen molar-refractivity contribution in [1.82, 2.24) is 4.90 Å². The number of benzene rings is 1. The van der Waals surface area contributed by atoms with Crippen molar-refractivity contribution < 1.29 is 18.3 Å². The Morgan fingerprint density at radius 2 is 1.74 bits per heavy atom. The Kier molecular flexibility index (Phi) is 4.97. The molecule has 23 heavy (non-hydrogen) atoms. The number of alkyl halides is 3.